The Morgan fingerprint density at radius 1 is 0.956 bits per heavy atom. The van der Waals surface area contributed by atoms with Crippen molar-refractivity contribution in [3.63, 3.8) is 0 Å². The molecule has 3 heterocycles. The lowest BCUT2D eigenvalue weighted by Crippen LogP contribution is -2.39. The molecule has 3 aromatic rings. The Morgan fingerprint density at radius 2 is 1.73 bits per heavy atom. The number of carbonyl (C=O) groups is 2. The van der Waals surface area contributed by atoms with Gasteiger partial charge in [0.15, 0.2) is 0 Å². The molecule has 11 heteroatoms. The fourth-order valence-corrected chi connectivity index (χ4v) is 7.57. The first kappa shape index (κ1) is 31.3. The van der Waals surface area contributed by atoms with Gasteiger partial charge in [-0.3, -0.25) is 9.59 Å². The van der Waals surface area contributed by atoms with Crippen molar-refractivity contribution in [3.8, 4) is 17.0 Å². The third-order valence-corrected chi connectivity index (χ3v) is 10.9. The van der Waals surface area contributed by atoms with Crippen LogP contribution in [0.1, 0.15) is 65.9 Å². The van der Waals surface area contributed by atoms with Crippen LogP contribution in [0.2, 0.25) is 0 Å². The lowest BCUT2D eigenvalue weighted by Gasteiger charge is -2.24. The van der Waals surface area contributed by atoms with Gasteiger partial charge in [-0.05, 0) is 86.3 Å². The summed E-state index contributed by atoms with van der Waals surface area (Å²) in [5.74, 6) is 0.372. The third kappa shape index (κ3) is 6.13. The normalized spacial score (nSPS) is 18.2. The molecular formula is C34H43N5O5S. The molecule has 0 bridgehead atoms. The van der Waals surface area contributed by atoms with E-state index in [9.17, 15) is 18.0 Å². The molecule has 1 aliphatic carbocycles. The number of carbonyl (C=O) groups excluding carboxylic acids is 2. The van der Waals surface area contributed by atoms with E-state index < -0.39 is 16.1 Å². The van der Waals surface area contributed by atoms with Crippen LogP contribution in [0.3, 0.4) is 0 Å². The van der Waals surface area contributed by atoms with Crippen LogP contribution in [-0.2, 0) is 21.5 Å². The van der Waals surface area contributed by atoms with Crippen molar-refractivity contribution in [2.24, 2.45) is 0 Å². The van der Waals surface area contributed by atoms with Gasteiger partial charge in [-0.1, -0.05) is 25.3 Å². The molecule has 10 nitrogen and oxygen atoms in total. The highest BCUT2D eigenvalue weighted by Gasteiger charge is 2.32. The van der Waals surface area contributed by atoms with Crippen molar-refractivity contribution in [2.75, 3.05) is 54.4 Å². The fraction of sp³-hybridized carbons (Fsp3) is 0.471. The third-order valence-electron chi connectivity index (χ3n) is 9.54. The van der Waals surface area contributed by atoms with Crippen molar-refractivity contribution >= 4 is 39.0 Å². The highest BCUT2D eigenvalue weighted by Crippen LogP contribution is 2.47. The van der Waals surface area contributed by atoms with Gasteiger partial charge in [0.2, 0.25) is 0 Å². The Hall–Kier alpha value is -3.67. The van der Waals surface area contributed by atoms with E-state index >= 15 is 0 Å². The Labute approximate surface area is 265 Å². The number of nitrogens with one attached hydrogen (secondary N) is 1. The van der Waals surface area contributed by atoms with Gasteiger partial charge in [-0.25, -0.2) is 4.72 Å². The minimum Gasteiger partial charge on any atom is -0.497 e. The zero-order chi connectivity index (χ0) is 31.9. The molecule has 45 heavy (non-hydrogen) atoms. The van der Waals surface area contributed by atoms with Crippen molar-refractivity contribution in [1.82, 2.24) is 23.4 Å². The first-order valence-corrected chi connectivity index (χ1v) is 17.3. The minimum absolute atomic E-state index is 0.0129. The summed E-state index contributed by atoms with van der Waals surface area (Å²) in [6.07, 6.45) is 8.59. The van der Waals surface area contributed by atoms with Crippen molar-refractivity contribution in [1.29, 1.82) is 0 Å². The molecule has 2 amide bonds. The lowest BCUT2D eigenvalue weighted by molar-refractivity contribution is -0.127. The zero-order valence-electron chi connectivity index (χ0n) is 26.6. The van der Waals surface area contributed by atoms with E-state index in [4.69, 9.17) is 4.74 Å². The number of fused-ring (bicyclic) bond motifs is 5. The van der Waals surface area contributed by atoms with Gasteiger partial charge in [-0.2, -0.15) is 12.7 Å². The van der Waals surface area contributed by atoms with Gasteiger partial charge >= 0.3 is 10.2 Å². The second kappa shape index (κ2) is 12.6. The van der Waals surface area contributed by atoms with E-state index in [0.717, 1.165) is 83.0 Å². The molecule has 1 aromatic heterocycles. The molecule has 6 rings (SSSR count). The van der Waals surface area contributed by atoms with Crippen LogP contribution in [0.25, 0.3) is 28.2 Å². The molecule has 2 fully saturated rings. The molecule has 240 valence electrons. The number of ether oxygens (including phenoxy) is 1. The maximum Gasteiger partial charge on any atom is 0.303 e. The number of hydrogen-bond acceptors (Lipinski definition) is 6. The van der Waals surface area contributed by atoms with Gasteiger partial charge < -0.3 is 19.1 Å². The topological polar surface area (TPSA) is 104 Å². The summed E-state index contributed by atoms with van der Waals surface area (Å²) in [6.45, 7) is 3.47. The van der Waals surface area contributed by atoms with E-state index in [-0.39, 0.29) is 11.5 Å². The number of aromatic nitrogens is 1. The van der Waals surface area contributed by atoms with Gasteiger partial charge in [0.25, 0.3) is 11.8 Å². The van der Waals surface area contributed by atoms with Gasteiger partial charge in [0.05, 0.1) is 19.3 Å². The summed E-state index contributed by atoms with van der Waals surface area (Å²) in [7, 11) is 2.52. The minimum atomic E-state index is -3.97. The smallest absolute Gasteiger partial charge is 0.303 e. The van der Waals surface area contributed by atoms with Crippen LogP contribution in [0.15, 0.2) is 42.0 Å². The van der Waals surface area contributed by atoms with E-state index in [1.165, 1.54) is 26.1 Å². The number of methoxy groups -OCH3 is 1. The Morgan fingerprint density at radius 3 is 2.47 bits per heavy atom. The van der Waals surface area contributed by atoms with Crippen LogP contribution in [0.4, 0.5) is 0 Å². The molecule has 2 aromatic carbocycles. The molecule has 0 unspecified atom stereocenters. The quantitative estimate of drug-likeness (QED) is 0.430. The molecular weight excluding hydrogens is 590 g/mol. The predicted octanol–water partition coefficient (Wildman–Crippen LogP) is 4.46. The highest BCUT2D eigenvalue weighted by molar-refractivity contribution is 7.87. The van der Waals surface area contributed by atoms with Gasteiger partial charge in [0.1, 0.15) is 5.75 Å². The lowest BCUT2D eigenvalue weighted by atomic mass is 9.81. The summed E-state index contributed by atoms with van der Waals surface area (Å²) in [4.78, 5) is 31.7. The van der Waals surface area contributed by atoms with Crippen molar-refractivity contribution < 1.29 is 22.7 Å². The molecule has 1 saturated carbocycles. The molecule has 1 saturated heterocycles. The highest BCUT2D eigenvalue weighted by atomic mass is 32.2. The summed E-state index contributed by atoms with van der Waals surface area (Å²) in [5.41, 5.74) is 5.98. The van der Waals surface area contributed by atoms with Crippen molar-refractivity contribution in [2.45, 2.75) is 51.0 Å². The first-order valence-electron chi connectivity index (χ1n) is 15.8. The van der Waals surface area contributed by atoms with E-state index in [0.29, 0.717) is 31.1 Å². The van der Waals surface area contributed by atoms with Crippen molar-refractivity contribution in [3.05, 3.63) is 58.7 Å². The standard InChI is InChI=1S/C34H43N5O5S/c1-36(2)45(42,43)35-33(40)24-11-13-29-30(21-24)39-22-26(34(41)38-16-8-15-37(3)17-18-38)19-25-20-27(44-4)12-14-28(25)32(39)31(29)23-9-6-5-7-10-23/h11-14,19-21,23H,5-10,15-18,22H2,1-4H3,(H,35,40). The average molecular weight is 634 g/mol. The maximum atomic E-state index is 14.2. The van der Waals surface area contributed by atoms with Crippen LogP contribution in [0, 0.1) is 0 Å². The number of amides is 2. The monoisotopic (exact) mass is 633 g/mol. The number of benzene rings is 2. The average Bonchev–Trinajstić information content (AvgIpc) is 3.13. The van der Waals surface area contributed by atoms with Crippen LogP contribution in [0.5, 0.6) is 5.75 Å². The number of rotatable bonds is 6. The SMILES string of the molecule is COc1ccc2c(c1)C=C(C(=O)N1CCCN(C)CC1)Cn1c-2c(C2CCCCC2)c2ccc(C(=O)NS(=O)(=O)N(C)C)cc21. The summed E-state index contributed by atoms with van der Waals surface area (Å²) < 4.78 is 35.9. The Bertz CT molecular complexity index is 1770. The molecule has 3 aliphatic rings. The zero-order valence-corrected chi connectivity index (χ0v) is 27.5. The Kier molecular flexibility index (Phi) is 8.78. The predicted molar refractivity (Wildman–Crippen MR) is 176 cm³/mol. The number of likely N-dealkylation sites (N-methyl/N-ethyl adjacent to an activating group) is 1. The van der Waals surface area contributed by atoms with Gasteiger partial charge in [-0.15, -0.1) is 0 Å². The van der Waals surface area contributed by atoms with Crippen LogP contribution < -0.4 is 9.46 Å². The fourth-order valence-electron chi connectivity index (χ4n) is 7.03. The molecule has 0 radical (unpaired) electrons. The molecule has 1 N–H and O–H groups in total. The number of hydrogen-bond donors (Lipinski definition) is 1. The molecule has 2 aliphatic heterocycles. The summed E-state index contributed by atoms with van der Waals surface area (Å²) in [5, 5.41) is 1.04. The Balaban J connectivity index is 1.54. The first-order chi connectivity index (χ1) is 21.6. The summed E-state index contributed by atoms with van der Waals surface area (Å²) >= 11 is 0. The van der Waals surface area contributed by atoms with Crippen LogP contribution in [-0.4, -0.2) is 93.3 Å². The van der Waals surface area contributed by atoms with E-state index in [1.54, 1.807) is 19.2 Å². The maximum absolute atomic E-state index is 14.2. The number of nitrogens with zero attached hydrogens (tertiary/aromatic N) is 4. The van der Waals surface area contributed by atoms with E-state index in [1.807, 2.05) is 29.2 Å². The molecule has 0 atom stereocenters. The van der Waals surface area contributed by atoms with Crippen LogP contribution >= 0.6 is 0 Å². The van der Waals surface area contributed by atoms with E-state index in [2.05, 4.69) is 27.3 Å². The second-order valence-electron chi connectivity index (χ2n) is 12.7. The molecule has 0 spiro atoms. The van der Waals surface area contributed by atoms with Gasteiger partial charge in [0, 0.05) is 61.3 Å². The second-order valence-corrected chi connectivity index (χ2v) is 14.6. The largest absolute Gasteiger partial charge is 0.497 e. The summed E-state index contributed by atoms with van der Waals surface area (Å²) in [6, 6.07) is 11.5.